The van der Waals surface area contributed by atoms with Crippen LogP contribution in [0.2, 0.25) is 0 Å². The average molecular weight is 447 g/mol. The van der Waals surface area contributed by atoms with Crippen LogP contribution in [0.5, 0.6) is 0 Å². The van der Waals surface area contributed by atoms with Gasteiger partial charge in [-0.15, -0.1) is 0 Å². The van der Waals surface area contributed by atoms with Crippen LogP contribution in [0.15, 0.2) is 53.8 Å². The summed E-state index contributed by atoms with van der Waals surface area (Å²) < 4.78 is 40.9. The van der Waals surface area contributed by atoms with Gasteiger partial charge in [0.25, 0.3) is 10.0 Å². The molecule has 1 unspecified atom stereocenters. The fraction of sp³-hybridized carbons (Fsp3) is 0.350. The number of aliphatic hydroxyl groups excluding tert-OH is 1. The van der Waals surface area contributed by atoms with E-state index in [1.807, 2.05) is 6.07 Å². The zero-order chi connectivity index (χ0) is 22.2. The molecule has 1 aliphatic heterocycles. The van der Waals surface area contributed by atoms with E-state index in [0.29, 0.717) is 16.8 Å². The number of aliphatic hydroxyl groups is 1. The number of fused-ring (bicyclic) bond motifs is 1. The van der Waals surface area contributed by atoms with Gasteiger partial charge in [-0.2, -0.15) is 22.7 Å². The number of aromatic nitrogens is 4. The summed E-state index contributed by atoms with van der Waals surface area (Å²) in [6, 6.07) is 9.00. The van der Waals surface area contributed by atoms with E-state index >= 15 is 0 Å². The molecule has 0 aliphatic carbocycles. The second-order valence-electron chi connectivity index (χ2n) is 7.50. The van der Waals surface area contributed by atoms with Crippen molar-refractivity contribution in [2.45, 2.75) is 43.5 Å². The molecule has 11 heteroatoms. The summed E-state index contributed by atoms with van der Waals surface area (Å²) in [5.74, 6) is -0.937. The first-order valence-electron chi connectivity index (χ1n) is 9.73. The van der Waals surface area contributed by atoms with E-state index in [1.54, 1.807) is 29.2 Å². The summed E-state index contributed by atoms with van der Waals surface area (Å²) in [4.78, 5) is 14.4. The van der Waals surface area contributed by atoms with Gasteiger partial charge in [0.1, 0.15) is 11.1 Å². The molecule has 3 aromatic rings. The minimum Gasteiger partial charge on any atom is -0.395 e. The molecule has 1 N–H and O–H groups in total. The largest absolute Gasteiger partial charge is 0.395 e. The molecule has 9 nitrogen and oxygen atoms in total. The topological polar surface area (TPSA) is 110 Å². The van der Waals surface area contributed by atoms with Crippen LogP contribution in [0.3, 0.4) is 0 Å². The molecule has 4 rings (SSSR count). The Hall–Kier alpha value is -3.05. The van der Waals surface area contributed by atoms with Crippen molar-refractivity contribution in [1.29, 1.82) is 0 Å². The van der Waals surface area contributed by atoms with Gasteiger partial charge in [-0.25, -0.2) is 4.39 Å². The van der Waals surface area contributed by atoms with E-state index in [9.17, 15) is 22.7 Å². The number of alkyl halides is 1. The third-order valence-electron chi connectivity index (χ3n) is 5.14. The maximum absolute atomic E-state index is 13.1. The van der Waals surface area contributed by atoms with Gasteiger partial charge >= 0.3 is 0 Å². The van der Waals surface area contributed by atoms with E-state index in [0.717, 1.165) is 10.3 Å². The molecule has 0 bridgehead atoms. The molecule has 0 saturated heterocycles. The van der Waals surface area contributed by atoms with Crippen LogP contribution in [0, 0.1) is 0 Å². The Bertz CT molecular complexity index is 1170. The smallest absolute Gasteiger partial charge is 0.286 e. The predicted octanol–water partition coefficient (Wildman–Crippen LogP) is 1.29. The summed E-state index contributed by atoms with van der Waals surface area (Å²) in [5, 5.41) is 17.8. The number of halogens is 1. The fourth-order valence-corrected chi connectivity index (χ4v) is 4.70. The van der Waals surface area contributed by atoms with Gasteiger partial charge in [0.2, 0.25) is 5.91 Å². The Morgan fingerprint density at radius 1 is 1.23 bits per heavy atom. The monoisotopic (exact) mass is 447 g/mol. The zero-order valence-corrected chi connectivity index (χ0v) is 17.6. The van der Waals surface area contributed by atoms with E-state index in [-0.39, 0.29) is 37.0 Å². The number of carbonyl (C=O) groups is 1. The van der Waals surface area contributed by atoms with Crippen LogP contribution >= 0.6 is 0 Å². The first-order chi connectivity index (χ1) is 14.8. The molecule has 2 atom stereocenters. The molecule has 0 spiro atoms. The van der Waals surface area contributed by atoms with Crippen LogP contribution in [0.25, 0.3) is 0 Å². The molecule has 164 valence electrons. The Balaban J connectivity index is 1.50. The van der Waals surface area contributed by atoms with Crippen LogP contribution < -0.4 is 0 Å². The van der Waals surface area contributed by atoms with Gasteiger partial charge in [-0.3, -0.25) is 9.48 Å². The highest BCUT2D eigenvalue weighted by Gasteiger charge is 2.33. The molecule has 0 saturated carbocycles. The van der Waals surface area contributed by atoms with Crippen molar-refractivity contribution in [3.05, 3.63) is 65.7 Å². The van der Waals surface area contributed by atoms with Gasteiger partial charge in [0, 0.05) is 24.5 Å². The predicted molar refractivity (Wildman–Crippen MR) is 108 cm³/mol. The lowest BCUT2D eigenvalue weighted by Gasteiger charge is -2.22. The Kier molecular flexibility index (Phi) is 5.63. The number of carbonyl (C=O) groups excluding carboxylic acids is 1. The van der Waals surface area contributed by atoms with E-state index in [1.165, 1.54) is 24.0 Å². The van der Waals surface area contributed by atoms with Crippen molar-refractivity contribution >= 4 is 15.9 Å². The second kappa shape index (κ2) is 8.23. The minimum absolute atomic E-state index is 0.0460. The van der Waals surface area contributed by atoms with Crippen molar-refractivity contribution in [3.63, 3.8) is 0 Å². The summed E-state index contributed by atoms with van der Waals surface area (Å²) in [7, 11) is -3.98. The molecular weight excluding hydrogens is 425 g/mol. The average Bonchev–Trinajstić information content (AvgIpc) is 3.44. The van der Waals surface area contributed by atoms with Crippen LogP contribution in [-0.4, -0.2) is 56.1 Å². The number of rotatable bonds is 7. The van der Waals surface area contributed by atoms with Crippen molar-refractivity contribution in [3.8, 4) is 0 Å². The molecule has 3 heterocycles. The van der Waals surface area contributed by atoms with Crippen molar-refractivity contribution in [1.82, 2.24) is 23.9 Å². The number of benzene rings is 1. The molecule has 31 heavy (non-hydrogen) atoms. The van der Waals surface area contributed by atoms with Crippen molar-refractivity contribution < 1.29 is 22.7 Å². The molecule has 1 aromatic carbocycles. The van der Waals surface area contributed by atoms with E-state index in [4.69, 9.17) is 0 Å². The van der Waals surface area contributed by atoms with Crippen molar-refractivity contribution in [2.24, 2.45) is 0 Å². The maximum Gasteiger partial charge on any atom is 0.286 e. The lowest BCUT2D eigenvalue weighted by Crippen LogP contribution is -2.33. The third kappa shape index (κ3) is 4.10. The van der Waals surface area contributed by atoms with Crippen LogP contribution in [-0.2, 0) is 34.5 Å². The summed E-state index contributed by atoms with van der Waals surface area (Å²) >= 11 is 0. The number of hydrogen-bond donors (Lipinski definition) is 1. The summed E-state index contributed by atoms with van der Waals surface area (Å²) in [6.45, 7) is 1.34. The zero-order valence-electron chi connectivity index (χ0n) is 16.8. The van der Waals surface area contributed by atoms with E-state index in [2.05, 4.69) is 10.2 Å². The van der Waals surface area contributed by atoms with E-state index < -0.39 is 22.1 Å². The lowest BCUT2D eigenvalue weighted by atomic mass is 9.98. The summed E-state index contributed by atoms with van der Waals surface area (Å²) in [6.07, 6.45) is 2.64. The van der Waals surface area contributed by atoms with Gasteiger partial charge in [0.05, 0.1) is 37.5 Å². The Morgan fingerprint density at radius 2 is 1.97 bits per heavy atom. The standard InChI is InChI=1S/C20H22FN5O4S/c1-14(21)8-25-11-17(7-22-25)31(29,30)26-10-16-9-24(12-19(16)23-26)20(28)18(13-27)15-5-3-2-4-6-15/h2-7,10-11,14,18,27H,8-9,12-13H2,1H3/t14?,18-/m1/s1. The number of amides is 1. The third-order valence-corrected chi connectivity index (χ3v) is 6.63. The quantitative estimate of drug-likeness (QED) is 0.585. The molecule has 0 radical (unpaired) electrons. The first-order valence-corrected chi connectivity index (χ1v) is 11.2. The Labute approximate surface area is 178 Å². The minimum atomic E-state index is -3.98. The molecule has 1 amide bonds. The Morgan fingerprint density at radius 3 is 2.61 bits per heavy atom. The van der Waals surface area contributed by atoms with Gasteiger partial charge < -0.3 is 10.0 Å². The second-order valence-corrected chi connectivity index (χ2v) is 9.29. The van der Waals surface area contributed by atoms with Gasteiger partial charge in [0.15, 0.2) is 0 Å². The molecule has 0 fully saturated rings. The molecular formula is C20H22FN5O4S. The first kappa shape index (κ1) is 21.2. The van der Waals surface area contributed by atoms with Crippen LogP contribution in [0.4, 0.5) is 4.39 Å². The van der Waals surface area contributed by atoms with Crippen molar-refractivity contribution in [2.75, 3.05) is 6.61 Å². The van der Waals surface area contributed by atoms with Crippen LogP contribution in [0.1, 0.15) is 29.7 Å². The van der Waals surface area contributed by atoms with Gasteiger partial charge in [-0.1, -0.05) is 30.3 Å². The lowest BCUT2D eigenvalue weighted by molar-refractivity contribution is -0.134. The highest BCUT2D eigenvalue weighted by molar-refractivity contribution is 7.89. The SMILES string of the molecule is CC(F)Cn1cc(S(=O)(=O)n2cc3c(n2)CN(C(=O)[C@H](CO)c2ccccc2)C3)cn1. The molecule has 2 aromatic heterocycles. The normalized spacial score (nSPS) is 15.6. The number of hydrogen-bond acceptors (Lipinski definition) is 6. The molecule has 1 aliphatic rings. The highest BCUT2D eigenvalue weighted by atomic mass is 32.2. The summed E-state index contributed by atoms with van der Waals surface area (Å²) in [5.41, 5.74) is 1.81. The number of nitrogens with zero attached hydrogens (tertiary/aromatic N) is 5. The fourth-order valence-electron chi connectivity index (χ4n) is 3.58. The highest BCUT2D eigenvalue weighted by Crippen LogP contribution is 2.27. The maximum atomic E-state index is 13.1. The van der Waals surface area contributed by atoms with Gasteiger partial charge in [-0.05, 0) is 12.5 Å².